The molecule has 1 saturated carbocycles. The lowest BCUT2D eigenvalue weighted by Crippen LogP contribution is -2.37. The third kappa shape index (κ3) is 4.41. The third-order valence-electron chi connectivity index (χ3n) is 3.90. The van der Waals surface area contributed by atoms with Crippen LogP contribution < -0.4 is 0 Å². The largest absolute Gasteiger partial charge is 0.378 e. The fourth-order valence-electron chi connectivity index (χ4n) is 2.66. The van der Waals surface area contributed by atoms with Crippen LogP contribution in [0.5, 0.6) is 0 Å². The number of rotatable bonds is 6. The van der Waals surface area contributed by atoms with Gasteiger partial charge in [-0.05, 0) is 19.3 Å². The first-order chi connectivity index (χ1) is 9.05. The van der Waals surface area contributed by atoms with Gasteiger partial charge in [-0.3, -0.25) is 0 Å². The van der Waals surface area contributed by atoms with E-state index in [1.165, 1.54) is 0 Å². The fourth-order valence-corrected chi connectivity index (χ4v) is 3.50. The highest BCUT2D eigenvalue weighted by Gasteiger charge is 2.40. The lowest BCUT2D eigenvalue weighted by Gasteiger charge is -2.35. The zero-order valence-corrected chi connectivity index (χ0v) is 12.4. The maximum absolute atomic E-state index is 11.3. The summed E-state index contributed by atoms with van der Waals surface area (Å²) in [7, 11) is -2.86. The zero-order chi connectivity index (χ0) is 13.8. The number of ether oxygens (including phenoxy) is 3. The minimum Gasteiger partial charge on any atom is -0.378 e. The third-order valence-corrected chi connectivity index (χ3v) is 5.69. The van der Waals surface area contributed by atoms with Gasteiger partial charge in [0.05, 0.1) is 25.1 Å². The molecule has 5 nitrogen and oxygen atoms in total. The topological polar surface area (TPSA) is 61.8 Å². The molecule has 1 aliphatic heterocycles. The second-order valence-electron chi connectivity index (χ2n) is 5.27. The monoisotopic (exact) mass is 292 g/mol. The average Bonchev–Trinajstić information content (AvgIpc) is 2.85. The Hall–Kier alpha value is -0.170. The van der Waals surface area contributed by atoms with E-state index in [0.29, 0.717) is 26.2 Å². The minimum atomic E-state index is -2.86. The fraction of sp³-hybridized carbons (Fsp3) is 1.00. The van der Waals surface area contributed by atoms with Crippen molar-refractivity contribution in [1.29, 1.82) is 0 Å². The lowest BCUT2D eigenvalue weighted by atomic mass is 9.92. The predicted molar refractivity (Wildman–Crippen MR) is 71.8 cm³/mol. The quantitative estimate of drug-likeness (QED) is 0.695. The summed E-state index contributed by atoms with van der Waals surface area (Å²) >= 11 is 0. The van der Waals surface area contributed by atoms with Crippen molar-refractivity contribution in [2.75, 3.05) is 31.3 Å². The maximum Gasteiger partial charge on any atom is 0.168 e. The van der Waals surface area contributed by atoms with E-state index in [1.54, 1.807) is 6.92 Å². The van der Waals surface area contributed by atoms with Gasteiger partial charge in [0.15, 0.2) is 5.79 Å². The van der Waals surface area contributed by atoms with Crippen molar-refractivity contribution in [2.45, 2.75) is 50.9 Å². The van der Waals surface area contributed by atoms with Crippen LogP contribution in [0.2, 0.25) is 0 Å². The Morgan fingerprint density at radius 2 is 1.84 bits per heavy atom. The highest BCUT2D eigenvalue weighted by atomic mass is 32.2. The molecule has 2 fully saturated rings. The van der Waals surface area contributed by atoms with E-state index in [-0.39, 0.29) is 23.4 Å². The zero-order valence-electron chi connectivity index (χ0n) is 11.6. The van der Waals surface area contributed by atoms with E-state index in [0.717, 1.165) is 25.7 Å². The Bertz CT molecular complexity index is 362. The van der Waals surface area contributed by atoms with Gasteiger partial charge in [0.2, 0.25) is 0 Å². The highest BCUT2D eigenvalue weighted by Crippen LogP contribution is 2.36. The Kier molecular flexibility index (Phi) is 5.22. The van der Waals surface area contributed by atoms with Crippen molar-refractivity contribution < 1.29 is 22.6 Å². The Morgan fingerprint density at radius 1 is 1.21 bits per heavy atom. The van der Waals surface area contributed by atoms with Gasteiger partial charge in [0.25, 0.3) is 0 Å². The van der Waals surface area contributed by atoms with Crippen LogP contribution >= 0.6 is 0 Å². The molecule has 19 heavy (non-hydrogen) atoms. The standard InChI is InChI=1S/C13H24O5S/c1-2-19(14,15)11-3-8-16-12-4-6-13(7-5-12)17-9-10-18-13/h12H,2-11H2,1H3. The van der Waals surface area contributed by atoms with Gasteiger partial charge in [0.1, 0.15) is 9.84 Å². The number of hydrogen-bond donors (Lipinski definition) is 0. The molecule has 1 spiro atoms. The molecule has 0 aromatic carbocycles. The minimum absolute atomic E-state index is 0.216. The number of sulfone groups is 1. The second kappa shape index (κ2) is 6.52. The molecule has 0 radical (unpaired) electrons. The summed E-state index contributed by atoms with van der Waals surface area (Å²) in [4.78, 5) is 0. The summed E-state index contributed by atoms with van der Waals surface area (Å²) in [5.74, 6) is 0.103. The van der Waals surface area contributed by atoms with Crippen molar-refractivity contribution in [3.8, 4) is 0 Å². The molecule has 0 bridgehead atoms. The predicted octanol–water partition coefficient (Wildman–Crippen LogP) is 1.51. The van der Waals surface area contributed by atoms with Gasteiger partial charge in [0, 0.05) is 25.2 Å². The van der Waals surface area contributed by atoms with Crippen LogP contribution in [0.15, 0.2) is 0 Å². The van der Waals surface area contributed by atoms with Crippen LogP contribution in [0.1, 0.15) is 39.0 Å². The van der Waals surface area contributed by atoms with E-state index in [4.69, 9.17) is 14.2 Å². The average molecular weight is 292 g/mol. The summed E-state index contributed by atoms with van der Waals surface area (Å²) < 4.78 is 39.7. The smallest absolute Gasteiger partial charge is 0.168 e. The van der Waals surface area contributed by atoms with Crippen LogP contribution in [-0.4, -0.2) is 51.6 Å². The Labute approximate surface area is 115 Å². The molecule has 112 valence electrons. The van der Waals surface area contributed by atoms with E-state index >= 15 is 0 Å². The molecule has 1 saturated heterocycles. The Morgan fingerprint density at radius 3 is 2.42 bits per heavy atom. The normalized spacial score (nSPS) is 24.1. The molecule has 6 heteroatoms. The molecule has 0 aromatic heterocycles. The first-order valence-electron chi connectivity index (χ1n) is 7.15. The summed E-state index contributed by atoms with van der Waals surface area (Å²) in [6, 6.07) is 0. The molecular weight excluding hydrogens is 268 g/mol. The Balaban J connectivity index is 1.61. The first-order valence-corrected chi connectivity index (χ1v) is 8.97. The van der Waals surface area contributed by atoms with E-state index < -0.39 is 9.84 Å². The van der Waals surface area contributed by atoms with Crippen LogP contribution in [0.4, 0.5) is 0 Å². The molecule has 2 rings (SSSR count). The maximum atomic E-state index is 11.3. The van der Waals surface area contributed by atoms with E-state index in [2.05, 4.69) is 0 Å². The van der Waals surface area contributed by atoms with Crippen molar-refractivity contribution in [3.05, 3.63) is 0 Å². The van der Waals surface area contributed by atoms with Gasteiger partial charge < -0.3 is 14.2 Å². The van der Waals surface area contributed by atoms with Crippen molar-refractivity contribution in [3.63, 3.8) is 0 Å². The molecular formula is C13H24O5S. The first kappa shape index (κ1) is 15.2. The van der Waals surface area contributed by atoms with Gasteiger partial charge in [-0.25, -0.2) is 8.42 Å². The lowest BCUT2D eigenvalue weighted by molar-refractivity contribution is -0.191. The van der Waals surface area contributed by atoms with Gasteiger partial charge in [-0.2, -0.15) is 0 Å². The molecule has 0 unspecified atom stereocenters. The number of hydrogen-bond acceptors (Lipinski definition) is 5. The van der Waals surface area contributed by atoms with Gasteiger partial charge >= 0.3 is 0 Å². The molecule has 0 atom stereocenters. The molecule has 2 aliphatic rings. The van der Waals surface area contributed by atoms with Crippen molar-refractivity contribution in [2.24, 2.45) is 0 Å². The molecule has 0 aromatic rings. The molecule has 1 aliphatic carbocycles. The summed E-state index contributed by atoms with van der Waals surface area (Å²) in [5, 5.41) is 0. The summed E-state index contributed by atoms with van der Waals surface area (Å²) in [5.41, 5.74) is 0. The van der Waals surface area contributed by atoms with Gasteiger partial charge in [-0.15, -0.1) is 0 Å². The molecule has 0 N–H and O–H groups in total. The SMILES string of the molecule is CCS(=O)(=O)CCCOC1CCC2(CC1)OCCO2. The van der Waals surface area contributed by atoms with Crippen LogP contribution in [0, 0.1) is 0 Å². The molecule has 0 amide bonds. The van der Waals surface area contributed by atoms with Crippen LogP contribution in [-0.2, 0) is 24.0 Å². The van der Waals surface area contributed by atoms with Crippen molar-refractivity contribution in [1.82, 2.24) is 0 Å². The highest BCUT2D eigenvalue weighted by molar-refractivity contribution is 7.91. The van der Waals surface area contributed by atoms with E-state index in [1.807, 2.05) is 0 Å². The van der Waals surface area contributed by atoms with Crippen molar-refractivity contribution >= 4 is 9.84 Å². The van der Waals surface area contributed by atoms with Crippen LogP contribution in [0.25, 0.3) is 0 Å². The summed E-state index contributed by atoms with van der Waals surface area (Å²) in [6.45, 7) is 3.60. The van der Waals surface area contributed by atoms with Gasteiger partial charge in [-0.1, -0.05) is 6.92 Å². The summed E-state index contributed by atoms with van der Waals surface area (Å²) in [6.07, 6.45) is 4.43. The second-order valence-corrected chi connectivity index (χ2v) is 7.74. The molecule has 1 heterocycles. The van der Waals surface area contributed by atoms with Crippen LogP contribution in [0.3, 0.4) is 0 Å². The van der Waals surface area contributed by atoms with E-state index in [9.17, 15) is 8.42 Å².